The van der Waals surface area contributed by atoms with Crippen molar-refractivity contribution < 1.29 is 14.6 Å². The summed E-state index contributed by atoms with van der Waals surface area (Å²) in [5, 5.41) is 8.80. The first-order valence-corrected chi connectivity index (χ1v) is 6.15. The van der Waals surface area contributed by atoms with E-state index in [1.54, 1.807) is 0 Å². The lowest BCUT2D eigenvalue weighted by atomic mass is 10.1. The third kappa shape index (κ3) is 3.22. The van der Waals surface area contributed by atoms with E-state index in [-0.39, 0.29) is 5.92 Å². The van der Waals surface area contributed by atoms with Gasteiger partial charge in [-0.05, 0) is 49.8 Å². The van der Waals surface area contributed by atoms with Gasteiger partial charge in [0, 0.05) is 0 Å². The van der Waals surface area contributed by atoms with Crippen molar-refractivity contribution in [2.24, 2.45) is 11.8 Å². The van der Waals surface area contributed by atoms with Crippen LogP contribution in [0.2, 0.25) is 0 Å². The highest BCUT2D eigenvalue weighted by Gasteiger charge is 2.42. The minimum atomic E-state index is -0.637. The third-order valence-electron chi connectivity index (χ3n) is 3.28. The zero-order chi connectivity index (χ0) is 12.3. The minimum absolute atomic E-state index is 0.0855. The summed E-state index contributed by atoms with van der Waals surface area (Å²) in [6.45, 7) is 2.65. The van der Waals surface area contributed by atoms with Crippen molar-refractivity contribution in [3.63, 3.8) is 0 Å². The summed E-state index contributed by atoms with van der Waals surface area (Å²) >= 11 is 0. The first kappa shape index (κ1) is 12.0. The number of aliphatic carboxylic acids is 1. The molecule has 3 nitrogen and oxygen atoms in total. The zero-order valence-corrected chi connectivity index (χ0v) is 10.1. The number of hydrogen-bond donors (Lipinski definition) is 1. The van der Waals surface area contributed by atoms with Gasteiger partial charge in [0.15, 0.2) is 0 Å². The monoisotopic (exact) mass is 234 g/mol. The second-order valence-corrected chi connectivity index (χ2v) is 4.56. The lowest BCUT2D eigenvalue weighted by molar-refractivity contribution is -0.138. The van der Waals surface area contributed by atoms with Crippen molar-refractivity contribution >= 4 is 5.97 Å². The van der Waals surface area contributed by atoms with E-state index in [9.17, 15) is 4.79 Å². The molecule has 1 aliphatic carbocycles. The Morgan fingerprint density at radius 2 is 2.12 bits per heavy atom. The quantitative estimate of drug-likeness (QED) is 0.823. The number of carboxylic acid groups (broad SMARTS) is 1. The van der Waals surface area contributed by atoms with Crippen LogP contribution in [0.5, 0.6) is 5.75 Å². The highest BCUT2D eigenvalue weighted by molar-refractivity contribution is 5.73. The molecule has 0 spiro atoms. The van der Waals surface area contributed by atoms with Crippen molar-refractivity contribution in [3.05, 3.63) is 29.8 Å². The number of carbonyl (C=O) groups is 1. The molecule has 17 heavy (non-hydrogen) atoms. The van der Waals surface area contributed by atoms with Crippen LogP contribution >= 0.6 is 0 Å². The van der Waals surface area contributed by atoms with E-state index < -0.39 is 5.97 Å². The number of benzene rings is 1. The van der Waals surface area contributed by atoms with E-state index in [1.807, 2.05) is 19.1 Å². The summed E-state index contributed by atoms with van der Waals surface area (Å²) in [4.78, 5) is 10.7. The maximum Gasteiger partial charge on any atom is 0.306 e. The van der Waals surface area contributed by atoms with Crippen LogP contribution < -0.4 is 4.74 Å². The van der Waals surface area contributed by atoms with E-state index in [4.69, 9.17) is 9.84 Å². The predicted molar refractivity (Wildman–Crippen MR) is 65.2 cm³/mol. The van der Waals surface area contributed by atoms with Crippen LogP contribution in [0.15, 0.2) is 24.3 Å². The molecule has 0 radical (unpaired) electrons. The summed E-state index contributed by atoms with van der Waals surface area (Å²) in [7, 11) is 0. The topological polar surface area (TPSA) is 46.5 Å². The van der Waals surface area contributed by atoms with E-state index in [0.29, 0.717) is 12.5 Å². The van der Waals surface area contributed by atoms with Crippen LogP contribution in [0.25, 0.3) is 0 Å². The molecule has 1 aromatic carbocycles. The Kier molecular flexibility index (Phi) is 3.67. The molecule has 2 rings (SSSR count). The fourth-order valence-corrected chi connectivity index (χ4v) is 2.14. The van der Waals surface area contributed by atoms with Crippen molar-refractivity contribution in [3.8, 4) is 5.75 Å². The molecule has 0 saturated heterocycles. The second-order valence-electron chi connectivity index (χ2n) is 4.56. The third-order valence-corrected chi connectivity index (χ3v) is 3.28. The van der Waals surface area contributed by atoms with E-state index in [2.05, 4.69) is 12.1 Å². The second kappa shape index (κ2) is 5.21. The molecule has 2 unspecified atom stereocenters. The van der Waals surface area contributed by atoms with Gasteiger partial charge in [0.2, 0.25) is 0 Å². The Morgan fingerprint density at radius 3 is 2.65 bits per heavy atom. The van der Waals surface area contributed by atoms with E-state index in [1.165, 1.54) is 5.56 Å². The largest absolute Gasteiger partial charge is 0.494 e. The number of aryl methyl sites for hydroxylation is 1. The highest BCUT2D eigenvalue weighted by atomic mass is 16.5. The van der Waals surface area contributed by atoms with E-state index in [0.717, 1.165) is 25.0 Å². The molecule has 0 aromatic heterocycles. The van der Waals surface area contributed by atoms with Gasteiger partial charge >= 0.3 is 5.97 Å². The van der Waals surface area contributed by atoms with Gasteiger partial charge in [-0.2, -0.15) is 0 Å². The molecule has 1 fully saturated rings. The van der Waals surface area contributed by atoms with Gasteiger partial charge in [-0.25, -0.2) is 0 Å². The summed E-state index contributed by atoms with van der Waals surface area (Å²) in [6, 6.07) is 8.06. The normalized spacial score (nSPS) is 22.2. The molecule has 0 amide bonds. The average Bonchev–Trinajstić information content (AvgIpc) is 3.08. The molecule has 92 valence electrons. The zero-order valence-electron chi connectivity index (χ0n) is 10.1. The maximum atomic E-state index is 10.7. The van der Waals surface area contributed by atoms with Gasteiger partial charge in [0.05, 0.1) is 12.5 Å². The summed E-state index contributed by atoms with van der Waals surface area (Å²) in [6.07, 6.45) is 2.79. The van der Waals surface area contributed by atoms with Crippen LogP contribution in [0, 0.1) is 11.8 Å². The minimum Gasteiger partial charge on any atom is -0.494 e. The van der Waals surface area contributed by atoms with Crippen LogP contribution in [-0.4, -0.2) is 17.7 Å². The van der Waals surface area contributed by atoms with Gasteiger partial charge in [0.25, 0.3) is 0 Å². The molecule has 0 heterocycles. The van der Waals surface area contributed by atoms with Gasteiger partial charge in [-0.15, -0.1) is 0 Å². The number of hydrogen-bond acceptors (Lipinski definition) is 2. The van der Waals surface area contributed by atoms with Crippen LogP contribution in [0.4, 0.5) is 0 Å². The Balaban J connectivity index is 1.78. The van der Waals surface area contributed by atoms with Gasteiger partial charge in [-0.3, -0.25) is 4.79 Å². The van der Waals surface area contributed by atoms with Crippen LogP contribution in [0.1, 0.15) is 25.3 Å². The molecular formula is C14H18O3. The predicted octanol–water partition coefficient (Wildman–Crippen LogP) is 2.74. The summed E-state index contributed by atoms with van der Waals surface area (Å²) in [5.74, 6) is 0.560. The molecule has 3 heteroatoms. The van der Waals surface area contributed by atoms with Gasteiger partial charge < -0.3 is 9.84 Å². The van der Waals surface area contributed by atoms with E-state index >= 15 is 0 Å². The molecule has 2 atom stereocenters. The fraction of sp³-hybridized carbons (Fsp3) is 0.500. The number of carboxylic acids is 1. The van der Waals surface area contributed by atoms with Crippen molar-refractivity contribution in [2.75, 3.05) is 6.61 Å². The standard InChI is InChI=1S/C14H18O3/c1-2-17-12-7-4-10(5-8-12)3-6-11-9-13(11)14(15)16/h4-5,7-8,11,13H,2-3,6,9H2,1H3,(H,15,16). The molecular weight excluding hydrogens is 216 g/mol. The molecule has 1 N–H and O–H groups in total. The van der Waals surface area contributed by atoms with Crippen molar-refractivity contribution in [2.45, 2.75) is 26.2 Å². The Hall–Kier alpha value is -1.51. The molecule has 1 aromatic rings. The fourth-order valence-electron chi connectivity index (χ4n) is 2.14. The lowest BCUT2D eigenvalue weighted by Crippen LogP contribution is -2.00. The van der Waals surface area contributed by atoms with Gasteiger partial charge in [-0.1, -0.05) is 12.1 Å². The highest BCUT2D eigenvalue weighted by Crippen LogP contribution is 2.42. The van der Waals surface area contributed by atoms with Crippen LogP contribution in [0.3, 0.4) is 0 Å². The average molecular weight is 234 g/mol. The van der Waals surface area contributed by atoms with Crippen molar-refractivity contribution in [1.82, 2.24) is 0 Å². The summed E-state index contributed by atoms with van der Waals surface area (Å²) < 4.78 is 5.37. The Labute approximate surface area is 101 Å². The maximum absolute atomic E-state index is 10.7. The SMILES string of the molecule is CCOc1ccc(CCC2CC2C(=O)O)cc1. The molecule has 0 bridgehead atoms. The van der Waals surface area contributed by atoms with Crippen LogP contribution in [-0.2, 0) is 11.2 Å². The lowest BCUT2D eigenvalue weighted by Gasteiger charge is -2.04. The first-order valence-electron chi connectivity index (χ1n) is 6.15. The Morgan fingerprint density at radius 1 is 1.41 bits per heavy atom. The molecule has 0 aliphatic heterocycles. The van der Waals surface area contributed by atoms with Gasteiger partial charge in [0.1, 0.15) is 5.75 Å². The molecule has 1 aliphatic rings. The molecule has 1 saturated carbocycles. The summed E-state index contributed by atoms with van der Waals surface area (Å²) in [5.41, 5.74) is 1.25. The number of rotatable bonds is 6. The first-order chi connectivity index (χ1) is 8.20. The smallest absolute Gasteiger partial charge is 0.306 e. The number of ether oxygens (including phenoxy) is 1. The Bertz CT molecular complexity index is 383. The van der Waals surface area contributed by atoms with Crippen molar-refractivity contribution in [1.29, 1.82) is 0 Å².